The van der Waals surface area contributed by atoms with Crippen molar-refractivity contribution in [1.82, 2.24) is 68.0 Å². The van der Waals surface area contributed by atoms with Crippen LogP contribution in [0.1, 0.15) is 105 Å². The number of nitrogens with zero attached hydrogens (tertiary/aromatic N) is 1. The maximum atomic E-state index is 15.2. The lowest BCUT2D eigenvalue weighted by atomic mass is 9.73. The van der Waals surface area contributed by atoms with Gasteiger partial charge in [-0.3, -0.25) is 52.7 Å². The summed E-state index contributed by atoms with van der Waals surface area (Å²) in [6.45, 7) is 4.20. The average molecular weight is 1650 g/mol. The quantitative estimate of drug-likeness (QED) is 0.0191. The van der Waals surface area contributed by atoms with Crippen LogP contribution in [0.25, 0.3) is 21.8 Å². The number of amides is 11. The molecule has 0 spiro atoms. The highest BCUT2D eigenvalue weighted by molar-refractivity contribution is 7.99. The van der Waals surface area contributed by atoms with E-state index in [1.807, 2.05) is 0 Å². The molecule has 0 unspecified atom stereocenters. The Bertz CT molecular complexity index is 4530. The highest BCUT2D eigenvalue weighted by Gasteiger charge is 2.41. The first-order valence-corrected chi connectivity index (χ1v) is 41.5. The normalized spacial score (nSPS) is 17.3. The third kappa shape index (κ3) is 25.1. The van der Waals surface area contributed by atoms with E-state index in [9.17, 15) is 54.0 Å². The molecule has 0 bridgehead atoms. The number of phenolic OH excluding ortho intramolecular Hbond substituents is 3. The molecule has 2 aliphatic rings. The third-order valence-electron chi connectivity index (χ3n) is 21.1. The SMILES string of the molecule is CC[C@H](NC(=O)[C@H](CCCCN)NC(=O)[C@@H](Cc1c[nH]c2ccccc12)NC(=O)[C@H](Cc1ccc(O)cc1)NC(=O)[C@H](CS)NC(=O)[C@@H](Cc1ccc(O)cc1)NC(=O)[C@@H](Cc1ccc(O)cc1)NC(=O)[C@H](CCCCN)NC(=O)CSC[C@@H]1C[C@@H]2c3cccc4[nH]cc(c34)C[C@H]2N(C)C1)C(=O)N[C@@H](CS)C(=O)N[C@H](C(N)=O)[C@@H](C)O. The number of H-pyrrole nitrogens is 2. The number of likely N-dealkylation sites (N-methyl/N-ethyl adjacent to an activating group) is 1. The lowest BCUT2D eigenvalue weighted by Gasteiger charge is -2.45. The first kappa shape index (κ1) is 89.6. The molecule has 22 N–H and O–H groups in total. The number of carbonyl (C=O) groups excluding carboxylic acids is 11. The van der Waals surface area contributed by atoms with E-state index >= 15 is 19.2 Å². The number of fused-ring (bicyclic) bond motifs is 3. The summed E-state index contributed by atoms with van der Waals surface area (Å²) in [5.74, 6) is -8.89. The number of para-hydroxylation sites is 1. The molecule has 9 rings (SSSR count). The molecule has 1 saturated heterocycles. The Morgan fingerprint density at radius 3 is 1.42 bits per heavy atom. The van der Waals surface area contributed by atoms with Gasteiger partial charge < -0.3 is 106 Å². The fraction of sp³-hybridized carbons (Fsp3) is 0.451. The number of aromatic amines is 2. The number of benzene rings is 5. The Labute approximate surface area is 688 Å². The van der Waals surface area contributed by atoms with Crippen LogP contribution in [-0.4, -0.2) is 223 Å². The number of phenols is 3. The summed E-state index contributed by atoms with van der Waals surface area (Å²) >= 11 is 10.2. The summed E-state index contributed by atoms with van der Waals surface area (Å²) in [5.41, 5.74) is 23.5. The monoisotopic (exact) mass is 1650 g/mol. The average Bonchev–Trinajstić information content (AvgIpc) is 1.51. The van der Waals surface area contributed by atoms with Crippen molar-refractivity contribution in [1.29, 1.82) is 0 Å². The number of rotatable bonds is 44. The van der Waals surface area contributed by atoms with Gasteiger partial charge in [0.15, 0.2) is 0 Å². The van der Waals surface area contributed by atoms with E-state index in [-0.39, 0.29) is 92.1 Å². The van der Waals surface area contributed by atoms with Gasteiger partial charge in [0, 0.05) is 89.9 Å². The lowest BCUT2D eigenvalue weighted by Crippen LogP contribution is -2.61. The minimum atomic E-state index is -1.58. The number of primary amides is 1. The zero-order chi connectivity index (χ0) is 83.7. The predicted molar refractivity (Wildman–Crippen MR) is 448 cm³/mol. The maximum Gasteiger partial charge on any atom is 0.244 e. The molecule has 34 heteroatoms. The number of hydrogen-bond donors (Lipinski definition) is 21. The second-order valence-electron chi connectivity index (χ2n) is 29.8. The number of nitrogens with two attached hydrogens (primary N) is 3. The highest BCUT2D eigenvalue weighted by Crippen LogP contribution is 2.45. The number of aliphatic hydroxyl groups is 1. The van der Waals surface area contributed by atoms with Crippen molar-refractivity contribution >= 4 is 124 Å². The summed E-state index contributed by atoms with van der Waals surface area (Å²) in [6, 6.07) is 17.0. The molecule has 1 aliphatic heterocycles. The zero-order valence-electron chi connectivity index (χ0n) is 65.1. The van der Waals surface area contributed by atoms with Crippen LogP contribution in [0.15, 0.2) is 128 Å². The Hall–Kier alpha value is -10.4. The van der Waals surface area contributed by atoms with Crippen molar-refractivity contribution in [2.45, 2.75) is 176 Å². The largest absolute Gasteiger partial charge is 0.508 e. The van der Waals surface area contributed by atoms with Gasteiger partial charge in [-0.2, -0.15) is 37.0 Å². The van der Waals surface area contributed by atoms with Crippen LogP contribution in [-0.2, 0) is 84.8 Å². The summed E-state index contributed by atoms with van der Waals surface area (Å²) < 4.78 is 0. The summed E-state index contributed by atoms with van der Waals surface area (Å²) in [7, 11) is 2.16. The summed E-state index contributed by atoms with van der Waals surface area (Å²) in [6.07, 6.45) is 5.15. The number of thiol groups is 2. The first-order valence-electron chi connectivity index (χ1n) is 39.1. The molecule has 31 nitrogen and oxygen atoms in total. The van der Waals surface area contributed by atoms with Crippen LogP contribution in [0.5, 0.6) is 17.2 Å². The lowest BCUT2D eigenvalue weighted by molar-refractivity contribution is -0.136. The second-order valence-corrected chi connectivity index (χ2v) is 31.5. The molecule has 0 saturated carbocycles. The molecule has 2 aromatic heterocycles. The van der Waals surface area contributed by atoms with Crippen LogP contribution < -0.4 is 70.4 Å². The van der Waals surface area contributed by atoms with Crippen molar-refractivity contribution < 1.29 is 73.2 Å². The van der Waals surface area contributed by atoms with Crippen molar-refractivity contribution in [2.24, 2.45) is 23.1 Å². The topological polar surface area (TPSA) is 502 Å². The first-order chi connectivity index (χ1) is 55.7. The molecule has 1 aliphatic carbocycles. The van der Waals surface area contributed by atoms with Crippen molar-refractivity contribution in [3.63, 3.8) is 0 Å². The van der Waals surface area contributed by atoms with Gasteiger partial charge in [-0.25, -0.2) is 0 Å². The van der Waals surface area contributed by atoms with Crippen molar-refractivity contribution in [3.8, 4) is 17.2 Å². The minimum Gasteiger partial charge on any atom is -0.508 e. The maximum absolute atomic E-state index is 15.2. The Morgan fingerprint density at radius 2 is 0.940 bits per heavy atom. The van der Waals surface area contributed by atoms with Crippen molar-refractivity contribution in [3.05, 3.63) is 161 Å². The van der Waals surface area contributed by atoms with Gasteiger partial charge in [-0.15, -0.1) is 0 Å². The van der Waals surface area contributed by atoms with Gasteiger partial charge in [-0.05, 0) is 178 Å². The molecular formula is C82H108N16O15S3. The van der Waals surface area contributed by atoms with Gasteiger partial charge in [0.25, 0.3) is 0 Å². The van der Waals surface area contributed by atoms with E-state index in [1.165, 1.54) is 95.9 Å². The fourth-order valence-corrected chi connectivity index (χ4v) is 16.3. The standard InChI is InChI=1S/C82H108N16O15S3/c1-4-58(74(105)95-68(42-115)82(113)97-72(45(2)99)73(85)104)89-76(107)62(16-8-10-31-84)90-80(111)66(36-50-38-86-59-14-6-5-12-55(50)59)94-78(109)64(34-47-20-26-53(101)27-21-47)93-81(112)67(41-114)96-79(110)65(35-48-22-28-54(102)29-23-48)92-77(108)63(33-46-18-24-52(100)25-19-46)91-75(106)61(15-7-9-30-83)88-70(103)44-116-43-49-32-57-56-13-11-17-60-71(56)51(39-87-60)37-69(57)98(3)40-49/h5-6,11-14,17-29,38-39,45,49,57-58,61-69,72,86-87,99-102,114-115H,4,7-10,15-16,30-37,40-44,83-84H2,1-3H3,(H2,85,104)(H,88,103)(H,89,107)(H,90,111)(H,91,106)(H,92,108)(H,93,112)(H,94,109)(H,95,105)(H,96,110)(H,97,113)/t45-,49-,57-,58+,61+,62+,63-,64+,65-,66-,67+,68+,69-,72+/m1/s1. The number of likely N-dealkylation sites (tertiary alicyclic amines) is 1. The summed E-state index contributed by atoms with van der Waals surface area (Å²) in [5, 5.41) is 69.9. The van der Waals surface area contributed by atoms with E-state index in [4.69, 9.17) is 17.2 Å². The number of thioether (sulfide) groups is 1. The smallest absolute Gasteiger partial charge is 0.244 e. The number of nitrogens with one attached hydrogen (secondary N) is 12. The molecule has 1 fully saturated rings. The second kappa shape index (κ2) is 43.6. The van der Waals surface area contributed by atoms with E-state index in [2.05, 4.69) is 125 Å². The Kier molecular flexibility index (Phi) is 33.6. The summed E-state index contributed by atoms with van der Waals surface area (Å²) in [4.78, 5) is 167. The van der Waals surface area contributed by atoms with E-state index in [1.54, 1.807) is 49.5 Å². The Morgan fingerprint density at radius 1 is 0.517 bits per heavy atom. The van der Waals surface area contributed by atoms with Gasteiger partial charge in [0.2, 0.25) is 65.0 Å². The molecule has 0 radical (unpaired) electrons. The third-order valence-corrected chi connectivity index (χ3v) is 23.0. The minimum absolute atomic E-state index is 0.0186. The number of carbonyl (C=O) groups is 11. The molecule has 11 amide bonds. The van der Waals surface area contributed by atoms with Gasteiger partial charge in [0.1, 0.15) is 77.7 Å². The van der Waals surface area contributed by atoms with Gasteiger partial charge in [-0.1, -0.05) is 73.7 Å². The molecule has 624 valence electrons. The zero-order valence-corrected chi connectivity index (χ0v) is 67.7. The number of aromatic nitrogens is 2. The molecule has 14 atom stereocenters. The molecule has 7 aromatic rings. The van der Waals surface area contributed by atoms with E-state index in [0.717, 1.165) is 24.9 Å². The van der Waals surface area contributed by atoms with Crippen LogP contribution in [0.3, 0.4) is 0 Å². The van der Waals surface area contributed by atoms with E-state index < -0.39 is 131 Å². The Balaban J connectivity index is 0.922. The predicted octanol–water partition coefficient (Wildman–Crippen LogP) is 1.67. The number of unbranched alkanes of at least 4 members (excludes halogenated alkanes) is 2. The van der Waals surface area contributed by atoms with Crippen molar-refractivity contribution in [2.75, 3.05) is 49.7 Å². The molecule has 116 heavy (non-hydrogen) atoms. The van der Waals surface area contributed by atoms with Crippen LogP contribution in [0.2, 0.25) is 0 Å². The fourth-order valence-electron chi connectivity index (χ4n) is 14.8. The van der Waals surface area contributed by atoms with Crippen LogP contribution in [0.4, 0.5) is 0 Å². The highest BCUT2D eigenvalue weighted by atomic mass is 32.2. The number of piperidine rings is 1. The number of aliphatic hydroxyl groups excluding tert-OH is 1. The molecular weight excluding hydrogens is 1550 g/mol. The number of aromatic hydroxyl groups is 3. The van der Waals surface area contributed by atoms with Crippen LogP contribution >= 0.6 is 37.0 Å². The van der Waals surface area contributed by atoms with Gasteiger partial charge >= 0.3 is 0 Å². The molecule has 3 heterocycles. The van der Waals surface area contributed by atoms with Crippen LogP contribution in [0, 0.1) is 5.92 Å². The molecule has 5 aromatic carbocycles. The number of hydrogen-bond acceptors (Lipinski definition) is 21. The van der Waals surface area contributed by atoms with Gasteiger partial charge in [0.05, 0.1) is 11.9 Å². The van der Waals surface area contributed by atoms with E-state index in [0.29, 0.717) is 83.1 Å².